The van der Waals surface area contributed by atoms with E-state index >= 15 is 0 Å². The van der Waals surface area contributed by atoms with Gasteiger partial charge in [0.1, 0.15) is 0 Å². The molecule has 0 radical (unpaired) electrons. The van der Waals surface area contributed by atoms with Crippen LogP contribution in [0.5, 0.6) is 0 Å². The van der Waals surface area contributed by atoms with Crippen molar-refractivity contribution in [1.29, 1.82) is 0 Å². The van der Waals surface area contributed by atoms with Gasteiger partial charge in [0.05, 0.1) is 13.0 Å². The third-order valence-electron chi connectivity index (χ3n) is 5.13. The number of carbonyl (C=O) groups is 1. The zero-order valence-corrected chi connectivity index (χ0v) is 16.7. The average molecular weight is 375 g/mol. The molecule has 0 spiro atoms. The number of carbonyl (C=O) groups excluding carboxylic acids is 1. The van der Waals surface area contributed by atoms with Crippen molar-refractivity contribution in [2.24, 2.45) is 5.41 Å². The Morgan fingerprint density at radius 2 is 2.00 bits per heavy atom. The molecule has 0 aromatic heterocycles. The van der Waals surface area contributed by atoms with Crippen LogP contribution in [0, 0.1) is 5.41 Å². The third-order valence-corrected chi connectivity index (χ3v) is 5.31. The average Bonchev–Trinajstić information content (AvgIpc) is 2.91. The molecule has 4 nitrogen and oxygen atoms in total. The Morgan fingerprint density at radius 3 is 2.62 bits per heavy atom. The second-order valence-electron chi connectivity index (χ2n) is 7.90. The highest BCUT2D eigenvalue weighted by molar-refractivity contribution is 7.79. The van der Waals surface area contributed by atoms with E-state index in [-0.39, 0.29) is 29.1 Å². The van der Waals surface area contributed by atoms with Crippen LogP contribution in [-0.4, -0.2) is 23.9 Å². The molecule has 0 amide bonds. The van der Waals surface area contributed by atoms with Gasteiger partial charge in [0, 0.05) is 12.2 Å². The summed E-state index contributed by atoms with van der Waals surface area (Å²) < 4.78 is 16.9. The Hall–Kier alpha value is -1.88. The molecule has 1 aliphatic carbocycles. The molecule has 26 heavy (non-hydrogen) atoms. The maximum absolute atomic E-state index is 11.7. The van der Waals surface area contributed by atoms with E-state index < -0.39 is 5.60 Å². The summed E-state index contributed by atoms with van der Waals surface area (Å²) in [5.41, 5.74) is 2.84. The predicted molar refractivity (Wildman–Crippen MR) is 104 cm³/mol. The molecular weight excluding hydrogens is 348 g/mol. The van der Waals surface area contributed by atoms with Crippen LogP contribution < -0.4 is 0 Å². The van der Waals surface area contributed by atoms with Gasteiger partial charge in [-0.2, -0.15) is 0 Å². The van der Waals surface area contributed by atoms with Gasteiger partial charge in [-0.25, -0.2) is 0 Å². The number of hydrogen-bond acceptors (Lipinski definition) is 5. The van der Waals surface area contributed by atoms with Crippen molar-refractivity contribution in [2.75, 3.05) is 6.61 Å². The normalized spacial score (nSPS) is 25.0. The van der Waals surface area contributed by atoms with Crippen molar-refractivity contribution in [2.45, 2.75) is 58.7 Å². The van der Waals surface area contributed by atoms with Crippen LogP contribution in [-0.2, 0) is 31.0 Å². The number of esters is 1. The second kappa shape index (κ2) is 7.03. The van der Waals surface area contributed by atoms with Gasteiger partial charge in [-0.3, -0.25) is 4.79 Å². The first-order valence-corrected chi connectivity index (χ1v) is 9.51. The molecule has 5 heteroatoms. The van der Waals surface area contributed by atoms with Gasteiger partial charge in [0.25, 0.3) is 0 Å². The number of allylic oxidation sites excluding steroid dienone is 1. The lowest BCUT2D eigenvalue weighted by Gasteiger charge is -2.37. The standard InChI is InChI=1S/C21H26O4S/c1-5-23-18(22)12-14-6-8-15(9-7-14)21-11-10-16(20(2,3)4)13-17(21)24-19(26)25-21/h6-9,13,17H,5,10-12H2,1-4H3/t17-,21-/m1/s1. The van der Waals surface area contributed by atoms with Gasteiger partial charge in [0.15, 0.2) is 11.7 Å². The molecule has 1 aliphatic heterocycles. The summed E-state index contributed by atoms with van der Waals surface area (Å²) >= 11 is 5.21. The molecule has 1 heterocycles. The molecule has 1 aromatic carbocycles. The minimum atomic E-state index is -0.575. The maximum atomic E-state index is 11.7. The van der Waals surface area contributed by atoms with Gasteiger partial charge in [0.2, 0.25) is 0 Å². The molecule has 3 rings (SSSR count). The SMILES string of the molecule is CCOC(=O)Cc1ccc([C@]23CCC(C(C)(C)C)=C[C@H]2OC(=S)O3)cc1. The Labute approximate surface area is 160 Å². The van der Waals surface area contributed by atoms with Crippen molar-refractivity contribution >= 4 is 23.4 Å². The molecule has 2 aliphatic rings. The Balaban J connectivity index is 1.86. The van der Waals surface area contributed by atoms with Crippen LogP contribution in [0.25, 0.3) is 0 Å². The quantitative estimate of drug-likeness (QED) is 0.442. The fourth-order valence-electron chi connectivity index (χ4n) is 3.65. The van der Waals surface area contributed by atoms with Gasteiger partial charge in [-0.15, -0.1) is 0 Å². The lowest BCUT2D eigenvalue weighted by Crippen LogP contribution is -2.39. The van der Waals surface area contributed by atoms with E-state index in [0.29, 0.717) is 6.61 Å². The minimum Gasteiger partial charge on any atom is -0.466 e. The molecule has 2 atom stereocenters. The largest absolute Gasteiger partial charge is 0.466 e. The van der Waals surface area contributed by atoms with Crippen LogP contribution in [0.1, 0.15) is 51.7 Å². The highest BCUT2D eigenvalue weighted by Crippen LogP contribution is 2.48. The minimum absolute atomic E-state index is 0.100. The Kier molecular flexibility index (Phi) is 5.11. The van der Waals surface area contributed by atoms with Crippen LogP contribution in [0.4, 0.5) is 0 Å². The van der Waals surface area contributed by atoms with E-state index in [1.807, 2.05) is 31.2 Å². The summed E-state index contributed by atoms with van der Waals surface area (Å²) in [4.78, 5) is 11.7. The first-order chi connectivity index (χ1) is 12.2. The highest BCUT2D eigenvalue weighted by Gasteiger charge is 2.52. The van der Waals surface area contributed by atoms with Gasteiger partial charge < -0.3 is 14.2 Å². The van der Waals surface area contributed by atoms with E-state index in [2.05, 4.69) is 26.8 Å². The predicted octanol–water partition coefficient (Wildman–Crippen LogP) is 4.45. The fraction of sp³-hybridized carbons (Fsp3) is 0.524. The van der Waals surface area contributed by atoms with Crippen LogP contribution >= 0.6 is 12.2 Å². The number of rotatable bonds is 4. The molecule has 0 saturated carbocycles. The number of ether oxygens (including phenoxy) is 3. The Morgan fingerprint density at radius 1 is 1.31 bits per heavy atom. The van der Waals surface area contributed by atoms with Crippen molar-refractivity contribution in [3.63, 3.8) is 0 Å². The fourth-order valence-corrected chi connectivity index (χ4v) is 3.91. The first-order valence-electron chi connectivity index (χ1n) is 9.10. The second-order valence-corrected chi connectivity index (χ2v) is 8.23. The smallest absolute Gasteiger partial charge is 0.354 e. The molecule has 140 valence electrons. The van der Waals surface area contributed by atoms with Crippen molar-refractivity contribution in [3.8, 4) is 0 Å². The Bertz CT molecular complexity index is 729. The molecule has 0 N–H and O–H groups in total. The van der Waals surface area contributed by atoms with Gasteiger partial charge in [-0.05, 0) is 42.4 Å². The number of benzene rings is 1. The molecule has 1 saturated heterocycles. The highest BCUT2D eigenvalue weighted by atomic mass is 32.1. The lowest BCUT2D eigenvalue weighted by atomic mass is 9.72. The van der Waals surface area contributed by atoms with E-state index in [9.17, 15) is 4.79 Å². The van der Waals surface area contributed by atoms with Crippen LogP contribution in [0.2, 0.25) is 0 Å². The summed E-state index contributed by atoms with van der Waals surface area (Å²) in [6.07, 6.45) is 3.99. The van der Waals surface area contributed by atoms with E-state index in [1.165, 1.54) is 5.57 Å². The van der Waals surface area contributed by atoms with E-state index in [0.717, 1.165) is 24.0 Å². The number of fused-ring (bicyclic) bond motifs is 1. The summed E-state index contributed by atoms with van der Waals surface area (Å²) in [6, 6.07) is 7.92. The summed E-state index contributed by atoms with van der Waals surface area (Å²) in [5.74, 6) is -0.215. The van der Waals surface area contributed by atoms with Crippen molar-refractivity contribution in [3.05, 3.63) is 47.0 Å². The zero-order chi connectivity index (χ0) is 18.9. The van der Waals surface area contributed by atoms with Gasteiger partial charge >= 0.3 is 11.2 Å². The monoisotopic (exact) mass is 374 g/mol. The molecule has 1 fully saturated rings. The topological polar surface area (TPSA) is 44.8 Å². The van der Waals surface area contributed by atoms with Crippen molar-refractivity contribution in [1.82, 2.24) is 0 Å². The zero-order valence-electron chi connectivity index (χ0n) is 15.8. The van der Waals surface area contributed by atoms with Gasteiger partial charge in [-0.1, -0.05) is 50.6 Å². The van der Waals surface area contributed by atoms with Crippen LogP contribution in [0.3, 0.4) is 0 Å². The first kappa shape index (κ1) is 18.9. The van der Waals surface area contributed by atoms with Crippen molar-refractivity contribution < 1.29 is 19.0 Å². The summed E-state index contributed by atoms with van der Waals surface area (Å²) in [7, 11) is 0. The third kappa shape index (κ3) is 3.63. The maximum Gasteiger partial charge on any atom is 0.354 e. The lowest BCUT2D eigenvalue weighted by molar-refractivity contribution is -0.142. The summed E-state index contributed by atoms with van der Waals surface area (Å²) in [5, 5.41) is 0.206. The molecule has 0 unspecified atom stereocenters. The van der Waals surface area contributed by atoms with E-state index in [4.69, 9.17) is 26.4 Å². The molecular formula is C21H26O4S. The molecule has 0 bridgehead atoms. The van der Waals surface area contributed by atoms with E-state index in [1.54, 1.807) is 0 Å². The number of thiocarbonyl (C=S) groups is 1. The van der Waals surface area contributed by atoms with Crippen LogP contribution in [0.15, 0.2) is 35.9 Å². The number of hydrogen-bond donors (Lipinski definition) is 0. The summed E-state index contributed by atoms with van der Waals surface area (Å²) in [6.45, 7) is 8.84. The molecule has 1 aromatic rings.